The molecular formula is C17H21Cl3O7. The summed E-state index contributed by atoms with van der Waals surface area (Å²) in [6.45, 7) is 0.928. The van der Waals surface area contributed by atoms with Crippen molar-refractivity contribution in [1.82, 2.24) is 0 Å². The van der Waals surface area contributed by atoms with Crippen LogP contribution in [0.2, 0.25) is 0 Å². The monoisotopic (exact) mass is 442 g/mol. The molecule has 7 nitrogen and oxygen atoms in total. The first kappa shape index (κ1) is 22.5. The zero-order valence-electron chi connectivity index (χ0n) is 14.5. The first-order valence-electron chi connectivity index (χ1n) is 8.21. The van der Waals surface area contributed by atoms with Crippen LogP contribution in [0.5, 0.6) is 0 Å². The number of carbonyl (C=O) groups is 1. The molecule has 2 N–H and O–H groups in total. The average Bonchev–Trinajstić information content (AvgIpc) is 2.63. The Labute approximate surface area is 172 Å². The molecule has 1 saturated heterocycles. The van der Waals surface area contributed by atoms with Crippen LogP contribution in [0.1, 0.15) is 12.5 Å². The van der Waals surface area contributed by atoms with Gasteiger partial charge in [-0.3, -0.25) is 0 Å². The fourth-order valence-electron chi connectivity index (χ4n) is 2.61. The van der Waals surface area contributed by atoms with Gasteiger partial charge in [-0.2, -0.15) is 0 Å². The molecule has 1 aliphatic heterocycles. The predicted octanol–water partition coefficient (Wildman–Crippen LogP) is 2.81. The Balaban J connectivity index is 2.00. The number of carbonyl (C=O) groups excluding carboxylic acids is 1. The third-order valence-corrected chi connectivity index (χ3v) is 4.32. The van der Waals surface area contributed by atoms with Crippen molar-refractivity contribution < 1.29 is 34.0 Å². The van der Waals surface area contributed by atoms with Gasteiger partial charge in [-0.25, -0.2) is 4.79 Å². The van der Waals surface area contributed by atoms with E-state index in [0.717, 1.165) is 5.56 Å². The third-order valence-electron chi connectivity index (χ3n) is 4.00. The van der Waals surface area contributed by atoms with Gasteiger partial charge in [0.05, 0.1) is 13.2 Å². The molecule has 27 heavy (non-hydrogen) atoms. The predicted molar refractivity (Wildman–Crippen MR) is 98.7 cm³/mol. The summed E-state index contributed by atoms with van der Waals surface area (Å²) < 4.78 is 19.4. The fourth-order valence-corrected chi connectivity index (χ4v) is 2.78. The lowest BCUT2D eigenvalue weighted by Crippen LogP contribution is -2.56. The molecule has 0 aromatic heterocycles. The average molecular weight is 444 g/mol. The summed E-state index contributed by atoms with van der Waals surface area (Å²) in [5.74, 6) is -0.549. The molecular weight excluding hydrogens is 423 g/mol. The van der Waals surface area contributed by atoms with Crippen LogP contribution in [0.4, 0.5) is 4.79 Å². The van der Waals surface area contributed by atoms with Crippen LogP contribution in [0, 0.1) is 5.92 Å². The second kappa shape index (κ2) is 10.1. The van der Waals surface area contributed by atoms with Crippen molar-refractivity contribution in [2.45, 2.75) is 41.9 Å². The van der Waals surface area contributed by atoms with Crippen molar-refractivity contribution in [2.24, 2.45) is 5.92 Å². The van der Waals surface area contributed by atoms with Gasteiger partial charge in [0.15, 0.2) is 6.29 Å². The molecule has 0 bridgehead atoms. The summed E-state index contributed by atoms with van der Waals surface area (Å²) in [4.78, 5) is 11.9. The van der Waals surface area contributed by atoms with Crippen LogP contribution in [0.3, 0.4) is 0 Å². The molecule has 1 aromatic carbocycles. The minimum atomic E-state index is -1.78. The topological polar surface area (TPSA) is 94.5 Å². The Morgan fingerprint density at radius 3 is 2.52 bits per heavy atom. The zero-order chi connectivity index (χ0) is 20.0. The first-order chi connectivity index (χ1) is 12.7. The van der Waals surface area contributed by atoms with Gasteiger partial charge in [0.2, 0.25) is 3.79 Å². The van der Waals surface area contributed by atoms with E-state index < -0.39 is 53.7 Å². The lowest BCUT2D eigenvalue weighted by molar-refractivity contribution is -0.286. The maximum absolute atomic E-state index is 11.9. The summed E-state index contributed by atoms with van der Waals surface area (Å²) in [5.41, 5.74) is 0.916. The van der Waals surface area contributed by atoms with Gasteiger partial charge in [0, 0.05) is 5.92 Å². The fraction of sp³-hybridized carbons (Fsp3) is 0.588. The largest absolute Gasteiger partial charge is 0.508 e. The van der Waals surface area contributed by atoms with Gasteiger partial charge >= 0.3 is 6.16 Å². The van der Waals surface area contributed by atoms with Crippen molar-refractivity contribution >= 4 is 41.0 Å². The maximum atomic E-state index is 11.9. The van der Waals surface area contributed by atoms with E-state index in [1.807, 2.05) is 30.3 Å². The van der Waals surface area contributed by atoms with Crippen LogP contribution in [0.25, 0.3) is 0 Å². The number of hydrogen-bond acceptors (Lipinski definition) is 7. The SMILES string of the molecule is CC1[C@H](OCc2ccccc2)OC(CO)[C@H](O)[C@@H]1OC(=O)OCC(Cl)(Cl)Cl. The summed E-state index contributed by atoms with van der Waals surface area (Å²) >= 11 is 16.6. The Morgan fingerprint density at radius 1 is 1.26 bits per heavy atom. The van der Waals surface area contributed by atoms with E-state index in [1.54, 1.807) is 6.92 Å². The highest BCUT2D eigenvalue weighted by Crippen LogP contribution is 2.31. The highest BCUT2D eigenvalue weighted by Gasteiger charge is 2.46. The highest BCUT2D eigenvalue weighted by atomic mass is 35.6. The molecule has 5 atom stereocenters. The highest BCUT2D eigenvalue weighted by molar-refractivity contribution is 6.67. The molecule has 1 aromatic rings. The smallest absolute Gasteiger partial charge is 0.430 e. The molecule has 10 heteroatoms. The van der Waals surface area contributed by atoms with E-state index in [2.05, 4.69) is 0 Å². The number of halogens is 3. The molecule has 0 spiro atoms. The molecule has 1 fully saturated rings. The van der Waals surface area contributed by atoms with Gasteiger partial charge in [-0.05, 0) is 5.56 Å². The van der Waals surface area contributed by atoms with Crippen LogP contribution < -0.4 is 0 Å². The number of alkyl halides is 3. The van der Waals surface area contributed by atoms with Crippen LogP contribution in [-0.4, -0.2) is 58.0 Å². The maximum Gasteiger partial charge on any atom is 0.508 e. The van der Waals surface area contributed by atoms with Crippen molar-refractivity contribution in [1.29, 1.82) is 0 Å². The van der Waals surface area contributed by atoms with E-state index in [4.69, 9.17) is 53.8 Å². The lowest BCUT2D eigenvalue weighted by atomic mass is 9.92. The minimum Gasteiger partial charge on any atom is -0.430 e. The molecule has 0 amide bonds. The number of ether oxygens (including phenoxy) is 4. The first-order valence-corrected chi connectivity index (χ1v) is 9.34. The standard InChI is InChI=1S/C17H21Cl3O7/c1-10-14(27-16(23)25-9-17(18,19)20)13(22)12(7-21)26-15(10)24-8-11-5-3-2-4-6-11/h2-6,10,12-15,21-22H,7-9H2,1H3/t10?,12?,13-,14+,15+/m0/s1. The summed E-state index contributed by atoms with van der Waals surface area (Å²) in [7, 11) is 0. The molecule has 0 radical (unpaired) electrons. The van der Waals surface area contributed by atoms with Gasteiger partial charge in [-0.15, -0.1) is 0 Å². The minimum absolute atomic E-state index is 0.245. The van der Waals surface area contributed by atoms with Gasteiger partial charge in [0.1, 0.15) is 24.9 Å². The number of benzene rings is 1. The molecule has 2 rings (SSSR count). The van der Waals surface area contributed by atoms with Crippen LogP contribution >= 0.6 is 34.8 Å². The molecule has 0 aliphatic carbocycles. The molecule has 1 aliphatic rings. The third kappa shape index (κ3) is 6.94. The number of aliphatic hydroxyl groups is 2. The van der Waals surface area contributed by atoms with Crippen molar-refractivity contribution in [3.63, 3.8) is 0 Å². The normalized spacial score (nSPS) is 28.6. The van der Waals surface area contributed by atoms with Crippen LogP contribution in [0.15, 0.2) is 30.3 Å². The van der Waals surface area contributed by atoms with Crippen molar-refractivity contribution in [3.05, 3.63) is 35.9 Å². The number of hydrogen-bond donors (Lipinski definition) is 2. The Morgan fingerprint density at radius 2 is 1.93 bits per heavy atom. The van der Waals surface area contributed by atoms with E-state index >= 15 is 0 Å². The molecule has 0 saturated carbocycles. The lowest BCUT2D eigenvalue weighted by Gasteiger charge is -2.42. The summed E-state index contributed by atoms with van der Waals surface area (Å²) in [5, 5.41) is 19.8. The number of rotatable bonds is 6. The summed E-state index contributed by atoms with van der Waals surface area (Å²) in [6.07, 6.45) is -5.25. The van der Waals surface area contributed by atoms with Crippen molar-refractivity contribution in [3.8, 4) is 0 Å². The Hall–Kier alpha value is -0.800. The Bertz CT molecular complexity index is 596. The molecule has 152 valence electrons. The van der Waals surface area contributed by atoms with E-state index in [-0.39, 0.29) is 6.61 Å². The van der Waals surface area contributed by atoms with Gasteiger partial charge < -0.3 is 29.2 Å². The van der Waals surface area contributed by atoms with Crippen molar-refractivity contribution in [2.75, 3.05) is 13.2 Å². The quantitative estimate of drug-likeness (QED) is 0.516. The van der Waals surface area contributed by atoms with Gasteiger partial charge in [0.25, 0.3) is 0 Å². The second-order valence-corrected chi connectivity index (χ2v) is 8.62. The Kier molecular flexibility index (Phi) is 8.42. The second-order valence-electron chi connectivity index (χ2n) is 6.11. The molecule has 1 heterocycles. The van der Waals surface area contributed by atoms with E-state index in [0.29, 0.717) is 0 Å². The summed E-state index contributed by atoms with van der Waals surface area (Å²) in [6, 6.07) is 9.39. The zero-order valence-corrected chi connectivity index (χ0v) is 16.7. The van der Waals surface area contributed by atoms with Gasteiger partial charge in [-0.1, -0.05) is 72.1 Å². The van der Waals surface area contributed by atoms with E-state index in [1.165, 1.54) is 0 Å². The number of aliphatic hydroxyl groups excluding tert-OH is 2. The van der Waals surface area contributed by atoms with Crippen LogP contribution in [-0.2, 0) is 25.6 Å². The molecule has 2 unspecified atom stereocenters. The van der Waals surface area contributed by atoms with E-state index in [9.17, 15) is 15.0 Å².